The Labute approximate surface area is 142 Å². The molecule has 0 bridgehead atoms. The van der Waals surface area contributed by atoms with Crippen molar-refractivity contribution in [1.82, 2.24) is 10.3 Å². The molecular weight excluding hydrogens is 332 g/mol. The Morgan fingerprint density at radius 1 is 1.24 bits per heavy atom. The molecule has 1 aromatic heterocycles. The molecule has 11 heteroatoms. The maximum absolute atomic E-state index is 11.2. The van der Waals surface area contributed by atoms with Crippen molar-refractivity contribution >= 4 is 23.8 Å². The number of hydrogen-bond acceptors (Lipinski definition) is 10. The van der Waals surface area contributed by atoms with Gasteiger partial charge in [-0.25, -0.2) is 4.63 Å². The van der Waals surface area contributed by atoms with Gasteiger partial charge in [-0.1, -0.05) is 0 Å². The number of methoxy groups -OCH3 is 2. The zero-order chi connectivity index (χ0) is 18.4. The molecule has 0 saturated carbocycles. The lowest BCUT2D eigenvalue weighted by atomic mass is 10.2. The second kappa shape index (κ2) is 7.77. The lowest BCUT2D eigenvalue weighted by molar-refractivity contribution is -0.132. The van der Waals surface area contributed by atoms with E-state index < -0.39 is 5.97 Å². The number of ether oxygens (including phenoxy) is 3. The Bertz CT molecular complexity index is 804. The average molecular weight is 348 g/mol. The van der Waals surface area contributed by atoms with Crippen molar-refractivity contribution in [2.24, 2.45) is 15.9 Å². The summed E-state index contributed by atoms with van der Waals surface area (Å²) in [6.45, 7) is 1.27. The number of amidine groups is 1. The number of nitrogens with zero attached hydrogens (tertiary/aromatic N) is 4. The van der Waals surface area contributed by atoms with Crippen LogP contribution in [0.5, 0.6) is 17.2 Å². The molecule has 1 aromatic carbocycles. The van der Waals surface area contributed by atoms with Gasteiger partial charge in [0, 0.05) is 12.5 Å². The van der Waals surface area contributed by atoms with E-state index in [1.165, 1.54) is 27.4 Å². The summed E-state index contributed by atoms with van der Waals surface area (Å²) in [6.07, 6.45) is 1.39. The Balaban J connectivity index is 2.30. The predicted molar refractivity (Wildman–Crippen MR) is 87.9 cm³/mol. The van der Waals surface area contributed by atoms with Crippen LogP contribution < -0.4 is 25.7 Å². The van der Waals surface area contributed by atoms with E-state index in [9.17, 15) is 4.79 Å². The van der Waals surface area contributed by atoms with Crippen molar-refractivity contribution < 1.29 is 23.6 Å². The molecule has 0 aliphatic rings. The molecule has 0 spiro atoms. The van der Waals surface area contributed by atoms with Crippen LogP contribution in [0.2, 0.25) is 0 Å². The molecule has 0 saturated heterocycles. The number of nitrogens with two attached hydrogens (primary N) is 2. The van der Waals surface area contributed by atoms with Crippen molar-refractivity contribution in [2.45, 2.75) is 6.92 Å². The van der Waals surface area contributed by atoms with Gasteiger partial charge in [-0.15, -0.1) is 5.10 Å². The van der Waals surface area contributed by atoms with Crippen molar-refractivity contribution in [3.05, 3.63) is 23.4 Å². The molecule has 0 aliphatic carbocycles. The molecule has 0 aliphatic heterocycles. The second-order valence-electron chi connectivity index (χ2n) is 4.58. The number of benzene rings is 1. The lowest BCUT2D eigenvalue weighted by Crippen LogP contribution is -2.15. The van der Waals surface area contributed by atoms with Gasteiger partial charge in [0.15, 0.2) is 28.8 Å². The first kappa shape index (κ1) is 17.7. The molecule has 0 amide bonds. The minimum Gasteiger partial charge on any atom is -0.493 e. The van der Waals surface area contributed by atoms with Gasteiger partial charge in [0.1, 0.15) is 0 Å². The molecule has 4 N–H and O–H groups in total. The highest BCUT2D eigenvalue weighted by molar-refractivity contribution is 5.99. The lowest BCUT2D eigenvalue weighted by Gasteiger charge is -2.13. The van der Waals surface area contributed by atoms with Crippen LogP contribution in [-0.4, -0.2) is 42.6 Å². The van der Waals surface area contributed by atoms with E-state index >= 15 is 0 Å². The summed E-state index contributed by atoms with van der Waals surface area (Å²) in [7, 11) is 2.86. The number of esters is 1. The number of aromatic nitrogens is 2. The van der Waals surface area contributed by atoms with Crippen LogP contribution in [0.4, 0.5) is 5.82 Å². The fourth-order valence-corrected chi connectivity index (χ4v) is 1.80. The van der Waals surface area contributed by atoms with Crippen LogP contribution in [0.3, 0.4) is 0 Å². The van der Waals surface area contributed by atoms with Gasteiger partial charge in [0.25, 0.3) is 0 Å². The third kappa shape index (κ3) is 4.22. The molecule has 1 heterocycles. The summed E-state index contributed by atoms with van der Waals surface area (Å²) in [5.74, 6) is 0.181. The fourth-order valence-electron chi connectivity index (χ4n) is 1.80. The largest absolute Gasteiger partial charge is 0.493 e. The Hall–Kier alpha value is -3.63. The number of nitrogen functional groups attached to an aromatic ring is 1. The van der Waals surface area contributed by atoms with E-state index in [-0.39, 0.29) is 34.6 Å². The standard InChI is InChI=1S/C14H16N6O5/c1-7(21)24-12-9(22-2)4-8(5-10(12)23-3)6-17-18-13(15)11-14(16)20-25-19-11/h4-6H,1-3H3,(H2,15,18)(H2,16,20)/b17-6+. The smallest absolute Gasteiger partial charge is 0.308 e. The first-order valence-electron chi connectivity index (χ1n) is 6.85. The fraction of sp³-hybridized carbons (Fsp3) is 0.214. The van der Waals surface area contributed by atoms with Gasteiger partial charge in [0.2, 0.25) is 5.75 Å². The average Bonchev–Trinajstić information content (AvgIpc) is 3.01. The van der Waals surface area contributed by atoms with Crippen LogP contribution in [-0.2, 0) is 4.79 Å². The molecule has 0 atom stereocenters. The number of anilines is 1. The quantitative estimate of drug-likeness (QED) is 0.246. The normalized spacial score (nSPS) is 11.6. The van der Waals surface area contributed by atoms with Gasteiger partial charge in [0.05, 0.1) is 20.4 Å². The van der Waals surface area contributed by atoms with Gasteiger partial charge in [-0.2, -0.15) is 5.10 Å². The minimum absolute atomic E-state index is 0.00511. The van der Waals surface area contributed by atoms with E-state index in [0.29, 0.717) is 5.56 Å². The zero-order valence-corrected chi connectivity index (χ0v) is 13.7. The topological polar surface area (TPSA) is 160 Å². The molecule has 2 aromatic rings. The summed E-state index contributed by atoms with van der Waals surface area (Å²) in [6, 6.07) is 3.17. The molecule has 0 unspecified atom stereocenters. The molecule has 11 nitrogen and oxygen atoms in total. The molecule has 2 rings (SSSR count). The molecule has 0 fully saturated rings. The molecule has 0 radical (unpaired) electrons. The van der Waals surface area contributed by atoms with Gasteiger partial charge in [-0.3, -0.25) is 4.79 Å². The maximum atomic E-state index is 11.2. The van der Waals surface area contributed by atoms with E-state index in [4.69, 9.17) is 25.7 Å². The summed E-state index contributed by atoms with van der Waals surface area (Å²) < 4.78 is 19.9. The monoisotopic (exact) mass is 348 g/mol. The number of rotatable bonds is 6. The number of carbonyl (C=O) groups excluding carboxylic acids is 1. The highest BCUT2D eigenvalue weighted by atomic mass is 16.6. The summed E-state index contributed by atoms with van der Waals surface area (Å²) >= 11 is 0. The third-order valence-electron chi connectivity index (χ3n) is 2.86. The van der Waals surface area contributed by atoms with Crippen LogP contribution in [0, 0.1) is 0 Å². The van der Waals surface area contributed by atoms with Crippen molar-refractivity contribution in [3.8, 4) is 17.2 Å². The Kier molecular flexibility index (Phi) is 5.50. The van der Waals surface area contributed by atoms with E-state index in [1.54, 1.807) is 12.1 Å². The summed E-state index contributed by atoms with van der Waals surface area (Å²) in [5, 5.41) is 14.5. The van der Waals surface area contributed by atoms with Crippen LogP contribution in [0.25, 0.3) is 0 Å². The number of hydrogen-bond donors (Lipinski definition) is 2. The summed E-state index contributed by atoms with van der Waals surface area (Å²) in [4.78, 5) is 11.2. The van der Waals surface area contributed by atoms with Crippen LogP contribution >= 0.6 is 0 Å². The Morgan fingerprint density at radius 3 is 2.36 bits per heavy atom. The van der Waals surface area contributed by atoms with Gasteiger partial charge < -0.3 is 25.7 Å². The van der Waals surface area contributed by atoms with E-state index in [0.717, 1.165) is 0 Å². The van der Waals surface area contributed by atoms with E-state index in [2.05, 4.69) is 25.1 Å². The zero-order valence-electron chi connectivity index (χ0n) is 13.7. The highest BCUT2D eigenvalue weighted by Gasteiger charge is 2.15. The van der Waals surface area contributed by atoms with Crippen LogP contribution in [0.15, 0.2) is 27.0 Å². The molecular formula is C14H16N6O5. The number of carbonyl (C=O) groups is 1. The first-order chi connectivity index (χ1) is 12.0. The van der Waals surface area contributed by atoms with Gasteiger partial charge >= 0.3 is 5.97 Å². The first-order valence-corrected chi connectivity index (χ1v) is 6.85. The summed E-state index contributed by atoms with van der Waals surface area (Å²) in [5.41, 5.74) is 11.8. The predicted octanol–water partition coefficient (Wildman–Crippen LogP) is 0.334. The van der Waals surface area contributed by atoms with Crippen molar-refractivity contribution in [3.63, 3.8) is 0 Å². The molecule has 132 valence electrons. The maximum Gasteiger partial charge on any atom is 0.308 e. The van der Waals surface area contributed by atoms with Crippen LogP contribution in [0.1, 0.15) is 18.2 Å². The highest BCUT2D eigenvalue weighted by Crippen LogP contribution is 2.38. The SMILES string of the molecule is COc1cc(/C=N/N=C(\N)c2nonc2N)cc(OC)c1OC(C)=O. The van der Waals surface area contributed by atoms with Crippen molar-refractivity contribution in [1.29, 1.82) is 0 Å². The second-order valence-corrected chi connectivity index (χ2v) is 4.58. The van der Waals surface area contributed by atoms with E-state index in [1.807, 2.05) is 0 Å². The van der Waals surface area contributed by atoms with Gasteiger partial charge in [-0.05, 0) is 22.4 Å². The molecule has 25 heavy (non-hydrogen) atoms. The Morgan fingerprint density at radius 2 is 1.88 bits per heavy atom. The minimum atomic E-state index is -0.505. The third-order valence-corrected chi connectivity index (χ3v) is 2.86. The van der Waals surface area contributed by atoms with Crippen molar-refractivity contribution in [2.75, 3.05) is 20.0 Å².